The minimum absolute atomic E-state index is 0.206. The van der Waals surface area contributed by atoms with Crippen LogP contribution in [-0.2, 0) is 0 Å². The van der Waals surface area contributed by atoms with Gasteiger partial charge in [-0.3, -0.25) is 4.79 Å². The number of hydrogen-bond donors (Lipinski definition) is 0. The molecule has 0 aliphatic rings. The predicted molar refractivity (Wildman–Crippen MR) is 31.7 cm³/mol. The Morgan fingerprint density at radius 3 is 2.67 bits per heavy atom. The lowest BCUT2D eigenvalue weighted by Crippen LogP contribution is -1.97. The maximum atomic E-state index is 10.2. The van der Waals surface area contributed by atoms with Gasteiger partial charge in [-0.15, -0.1) is 5.73 Å². The number of carbonyl (C=O) groups excluding carboxylic acids is 1. The zero-order valence-corrected chi connectivity index (χ0v) is 4.66. The molecule has 2 nitrogen and oxygen atoms in total. The van der Waals surface area contributed by atoms with Gasteiger partial charge in [-0.1, -0.05) is 18.2 Å². The van der Waals surface area contributed by atoms with Crippen LogP contribution in [0.4, 0.5) is 0 Å². The molecule has 1 aromatic rings. The topological polar surface area (TPSA) is 39.4 Å². The lowest BCUT2D eigenvalue weighted by Gasteiger charge is -1.85. The van der Waals surface area contributed by atoms with E-state index in [4.69, 9.17) is 5.73 Å². The Morgan fingerprint density at radius 2 is 2.33 bits per heavy atom. The molecule has 0 saturated carbocycles. The molecular weight excluding hydrogens is 114 g/mol. The zero-order valence-electron chi connectivity index (χ0n) is 4.66. The lowest BCUT2D eigenvalue weighted by atomic mass is 10.2. The van der Waals surface area contributed by atoms with Crippen molar-refractivity contribution in [1.29, 1.82) is 0 Å². The van der Waals surface area contributed by atoms with E-state index >= 15 is 0 Å². The highest BCUT2D eigenvalue weighted by atomic mass is 16.1. The van der Waals surface area contributed by atoms with Gasteiger partial charge in [0.05, 0.1) is 5.56 Å². The van der Waals surface area contributed by atoms with E-state index in [0.717, 1.165) is 0 Å². The second kappa shape index (κ2) is 2.31. The molecule has 1 rings (SSSR count). The van der Waals surface area contributed by atoms with Crippen LogP contribution >= 0.6 is 0 Å². The minimum atomic E-state index is -0.935. The predicted octanol–water partition coefficient (Wildman–Crippen LogP) is 0.696. The maximum Gasteiger partial charge on any atom is 0.296 e. The highest BCUT2D eigenvalue weighted by Gasteiger charge is 1.97. The lowest BCUT2D eigenvalue weighted by molar-refractivity contribution is 0.0992. The van der Waals surface area contributed by atoms with E-state index in [9.17, 15) is 4.79 Å². The number of nitrogens with zero attached hydrogens (tertiary/aromatic N) is 1. The van der Waals surface area contributed by atoms with E-state index in [1.165, 1.54) is 6.07 Å². The van der Waals surface area contributed by atoms with Crippen LogP contribution in [0.5, 0.6) is 0 Å². The van der Waals surface area contributed by atoms with Crippen molar-refractivity contribution in [1.82, 2.24) is 5.73 Å². The summed E-state index contributed by atoms with van der Waals surface area (Å²) in [5, 5.41) is 0. The Labute approximate surface area is 53.3 Å². The van der Waals surface area contributed by atoms with E-state index in [-0.39, 0.29) is 5.56 Å². The fraction of sp³-hybridized carbons (Fsp3) is 0. The molecule has 1 amide bonds. The van der Waals surface area contributed by atoms with Gasteiger partial charge in [0.1, 0.15) is 0 Å². The van der Waals surface area contributed by atoms with Crippen molar-refractivity contribution in [3.05, 3.63) is 35.9 Å². The average Bonchev–Trinajstić information content (AvgIpc) is 1.90. The fourth-order valence-electron chi connectivity index (χ4n) is 0.526. The smallest absolute Gasteiger partial charge is 0.265 e. The summed E-state index contributed by atoms with van der Waals surface area (Å²) in [7, 11) is 0. The van der Waals surface area contributed by atoms with Gasteiger partial charge < -0.3 is 0 Å². The van der Waals surface area contributed by atoms with Gasteiger partial charge in [0.25, 0.3) is 5.91 Å². The Hall–Kier alpha value is -1.31. The second-order valence-electron chi connectivity index (χ2n) is 1.58. The van der Waals surface area contributed by atoms with Gasteiger partial charge in [-0.25, -0.2) is 0 Å². The summed E-state index contributed by atoms with van der Waals surface area (Å²) < 4.78 is 0. The first-order valence-corrected chi connectivity index (χ1v) is 2.51. The molecule has 0 aromatic heterocycles. The Bertz CT molecular complexity index is 205. The van der Waals surface area contributed by atoms with Gasteiger partial charge in [0.2, 0.25) is 0 Å². The summed E-state index contributed by atoms with van der Waals surface area (Å²) in [5.41, 5.74) is 8.56. The fourth-order valence-corrected chi connectivity index (χ4v) is 0.526. The van der Waals surface area contributed by atoms with Crippen molar-refractivity contribution in [2.75, 3.05) is 0 Å². The first-order chi connectivity index (χ1) is 4.30. The van der Waals surface area contributed by atoms with Crippen LogP contribution in [0.2, 0.25) is 0 Å². The standard InChI is InChI=1S/C7H4NO/c8-7(9)6-4-2-1-3-5-6/h1-4H. The molecular formula is C7H4NO. The van der Waals surface area contributed by atoms with Gasteiger partial charge in [0, 0.05) is 0 Å². The van der Waals surface area contributed by atoms with Crippen LogP contribution in [0.15, 0.2) is 24.3 Å². The van der Waals surface area contributed by atoms with Crippen molar-refractivity contribution in [3.63, 3.8) is 0 Å². The molecule has 0 saturated heterocycles. The van der Waals surface area contributed by atoms with Crippen LogP contribution < -0.4 is 5.73 Å². The molecule has 9 heavy (non-hydrogen) atoms. The van der Waals surface area contributed by atoms with Crippen LogP contribution in [0, 0.1) is 6.07 Å². The summed E-state index contributed by atoms with van der Waals surface area (Å²) in [6.45, 7) is 0. The van der Waals surface area contributed by atoms with Gasteiger partial charge in [-0.2, -0.15) is 0 Å². The highest BCUT2D eigenvalue weighted by molar-refractivity contribution is 5.91. The van der Waals surface area contributed by atoms with Crippen molar-refractivity contribution < 1.29 is 4.79 Å². The van der Waals surface area contributed by atoms with Crippen molar-refractivity contribution in [2.45, 2.75) is 0 Å². The zero-order chi connectivity index (χ0) is 6.69. The van der Waals surface area contributed by atoms with E-state index in [0.29, 0.717) is 0 Å². The van der Waals surface area contributed by atoms with E-state index in [1.54, 1.807) is 18.2 Å². The third kappa shape index (κ3) is 1.29. The quantitative estimate of drug-likeness (QED) is 0.534. The van der Waals surface area contributed by atoms with E-state index < -0.39 is 5.91 Å². The number of hydrogen-bond acceptors (Lipinski definition) is 1. The molecule has 0 spiro atoms. The SMILES string of the molecule is [N]C(=O)c1[c]cccc1. The molecule has 0 heterocycles. The van der Waals surface area contributed by atoms with Gasteiger partial charge >= 0.3 is 0 Å². The van der Waals surface area contributed by atoms with Crippen molar-refractivity contribution in [3.8, 4) is 0 Å². The summed E-state index contributed by atoms with van der Waals surface area (Å²) in [5.74, 6) is -0.935. The Morgan fingerprint density at radius 1 is 1.56 bits per heavy atom. The number of rotatable bonds is 1. The highest BCUT2D eigenvalue weighted by Crippen LogP contribution is 1.94. The monoisotopic (exact) mass is 118 g/mol. The van der Waals surface area contributed by atoms with Crippen molar-refractivity contribution >= 4 is 5.91 Å². The number of amides is 1. The number of carbonyl (C=O) groups is 1. The van der Waals surface area contributed by atoms with Crippen LogP contribution in [0.25, 0.3) is 0 Å². The number of benzene rings is 1. The molecule has 0 bridgehead atoms. The molecule has 1 aromatic carbocycles. The molecule has 0 N–H and O–H groups in total. The van der Waals surface area contributed by atoms with Gasteiger partial charge in [-0.05, 0) is 12.1 Å². The van der Waals surface area contributed by atoms with E-state index in [2.05, 4.69) is 6.07 Å². The summed E-state index contributed by atoms with van der Waals surface area (Å²) >= 11 is 0. The molecule has 2 heteroatoms. The van der Waals surface area contributed by atoms with Crippen LogP contribution in [0.3, 0.4) is 0 Å². The summed E-state index contributed by atoms with van der Waals surface area (Å²) in [6, 6.07) is 9.04. The molecule has 43 valence electrons. The van der Waals surface area contributed by atoms with Crippen LogP contribution in [-0.4, -0.2) is 5.91 Å². The van der Waals surface area contributed by atoms with Crippen molar-refractivity contribution in [2.24, 2.45) is 0 Å². The average molecular weight is 118 g/mol. The molecule has 0 unspecified atom stereocenters. The first kappa shape index (κ1) is 5.82. The molecule has 0 aliphatic heterocycles. The normalized spacial score (nSPS) is 8.89. The summed E-state index contributed by atoms with van der Waals surface area (Å²) in [4.78, 5) is 10.2. The Balaban J connectivity index is 2.98. The molecule has 0 fully saturated rings. The molecule has 0 atom stereocenters. The minimum Gasteiger partial charge on any atom is -0.265 e. The summed E-state index contributed by atoms with van der Waals surface area (Å²) in [6.07, 6.45) is 0. The maximum absolute atomic E-state index is 10.2. The molecule has 0 aliphatic carbocycles. The van der Waals surface area contributed by atoms with Crippen LogP contribution in [0.1, 0.15) is 10.4 Å². The second-order valence-corrected chi connectivity index (χ2v) is 1.58. The third-order valence-electron chi connectivity index (χ3n) is 0.939. The van der Waals surface area contributed by atoms with Gasteiger partial charge in [0.15, 0.2) is 0 Å². The first-order valence-electron chi connectivity index (χ1n) is 2.51. The molecule has 3 radical (unpaired) electrons. The largest absolute Gasteiger partial charge is 0.296 e. The third-order valence-corrected chi connectivity index (χ3v) is 0.939. The van der Waals surface area contributed by atoms with E-state index in [1.807, 2.05) is 0 Å². The Kier molecular flexibility index (Phi) is 1.49.